The highest BCUT2D eigenvalue weighted by Crippen LogP contribution is 2.24. The van der Waals surface area contributed by atoms with Gasteiger partial charge in [0.15, 0.2) is 0 Å². The molecule has 2 aromatic rings. The van der Waals surface area contributed by atoms with Gasteiger partial charge in [-0.3, -0.25) is 9.59 Å². The van der Waals surface area contributed by atoms with Crippen LogP contribution in [-0.4, -0.2) is 47.8 Å². The Kier molecular flexibility index (Phi) is 5.57. The van der Waals surface area contributed by atoms with E-state index in [4.69, 9.17) is 23.2 Å². The lowest BCUT2D eigenvalue weighted by atomic mass is 10.1. The predicted molar refractivity (Wildman–Crippen MR) is 102 cm³/mol. The zero-order valence-electron chi connectivity index (χ0n) is 13.3. The van der Waals surface area contributed by atoms with Crippen molar-refractivity contribution in [2.24, 2.45) is 0 Å². The van der Waals surface area contributed by atoms with Gasteiger partial charge in [0.1, 0.15) is 0 Å². The van der Waals surface area contributed by atoms with E-state index < -0.39 is 0 Å². The number of piperazine rings is 1. The Bertz CT molecular complexity index is 820. The highest BCUT2D eigenvalue weighted by atomic mass is 35.5. The van der Waals surface area contributed by atoms with Crippen LogP contribution in [0.25, 0.3) is 0 Å². The van der Waals surface area contributed by atoms with E-state index >= 15 is 0 Å². The van der Waals surface area contributed by atoms with Crippen LogP contribution < -0.4 is 0 Å². The Morgan fingerprint density at radius 1 is 0.840 bits per heavy atom. The van der Waals surface area contributed by atoms with Crippen LogP contribution in [0.1, 0.15) is 20.7 Å². The van der Waals surface area contributed by atoms with Crippen molar-refractivity contribution >= 4 is 47.6 Å². The van der Waals surface area contributed by atoms with Crippen LogP contribution in [0.5, 0.6) is 0 Å². The lowest BCUT2D eigenvalue weighted by Crippen LogP contribution is -2.50. The second-order valence-electron chi connectivity index (χ2n) is 5.73. The van der Waals surface area contributed by atoms with E-state index in [-0.39, 0.29) is 11.8 Å². The number of amides is 2. The Hall–Kier alpha value is -1.69. The quantitative estimate of drug-likeness (QED) is 0.785. The number of nitrogens with zero attached hydrogens (tertiary/aromatic N) is 2. The van der Waals surface area contributed by atoms with Crippen LogP contribution in [0.3, 0.4) is 0 Å². The fraction of sp³-hybridized carbons (Fsp3) is 0.222. The number of rotatable bonds is 2. The molecule has 0 N–H and O–H groups in total. The average Bonchev–Trinajstić information content (AvgIpc) is 2.63. The first-order valence-electron chi connectivity index (χ1n) is 7.79. The van der Waals surface area contributed by atoms with Gasteiger partial charge in [-0.15, -0.1) is 12.6 Å². The molecular formula is C18H16Cl2N2O2S. The van der Waals surface area contributed by atoms with E-state index in [1.807, 2.05) is 12.1 Å². The molecule has 1 aliphatic heterocycles. The highest BCUT2D eigenvalue weighted by molar-refractivity contribution is 7.80. The molecule has 1 fully saturated rings. The fourth-order valence-electron chi connectivity index (χ4n) is 2.75. The number of thiol groups is 1. The molecule has 0 saturated carbocycles. The van der Waals surface area contributed by atoms with Crippen LogP contribution in [0.4, 0.5) is 0 Å². The summed E-state index contributed by atoms with van der Waals surface area (Å²) in [5, 5.41) is 0.769. The van der Waals surface area contributed by atoms with Crippen molar-refractivity contribution in [1.29, 1.82) is 0 Å². The van der Waals surface area contributed by atoms with Gasteiger partial charge >= 0.3 is 0 Å². The summed E-state index contributed by atoms with van der Waals surface area (Å²) in [4.78, 5) is 29.3. The van der Waals surface area contributed by atoms with Gasteiger partial charge in [-0.1, -0.05) is 35.3 Å². The Morgan fingerprint density at radius 3 is 2.04 bits per heavy atom. The van der Waals surface area contributed by atoms with Crippen LogP contribution in [-0.2, 0) is 0 Å². The zero-order chi connectivity index (χ0) is 18.0. The number of benzene rings is 2. The van der Waals surface area contributed by atoms with Crippen LogP contribution >= 0.6 is 35.8 Å². The summed E-state index contributed by atoms with van der Waals surface area (Å²) in [6.45, 7) is 1.90. The Morgan fingerprint density at radius 2 is 1.44 bits per heavy atom. The summed E-state index contributed by atoms with van der Waals surface area (Å²) in [6.07, 6.45) is 0. The molecule has 0 aromatic heterocycles. The first kappa shape index (κ1) is 18.1. The third-order valence-corrected chi connectivity index (χ3v) is 5.28. The summed E-state index contributed by atoms with van der Waals surface area (Å²) < 4.78 is 0. The summed E-state index contributed by atoms with van der Waals surface area (Å²) in [5.74, 6) is -0.174. The summed E-state index contributed by atoms with van der Waals surface area (Å²) >= 11 is 16.2. The van der Waals surface area contributed by atoms with E-state index in [9.17, 15) is 9.59 Å². The molecule has 130 valence electrons. The van der Waals surface area contributed by atoms with Gasteiger partial charge < -0.3 is 9.80 Å². The van der Waals surface area contributed by atoms with Crippen molar-refractivity contribution in [2.45, 2.75) is 4.90 Å². The van der Waals surface area contributed by atoms with Gasteiger partial charge in [0.25, 0.3) is 11.8 Å². The van der Waals surface area contributed by atoms with Crippen molar-refractivity contribution in [1.82, 2.24) is 9.80 Å². The van der Waals surface area contributed by atoms with Gasteiger partial charge in [0.05, 0.1) is 15.6 Å². The first-order valence-corrected chi connectivity index (χ1v) is 8.99. The monoisotopic (exact) mass is 394 g/mol. The molecule has 0 bridgehead atoms. The number of carbonyl (C=O) groups is 2. The van der Waals surface area contributed by atoms with Crippen LogP contribution in [0.15, 0.2) is 47.4 Å². The summed E-state index contributed by atoms with van der Waals surface area (Å²) in [5.41, 5.74) is 1.07. The lowest BCUT2D eigenvalue weighted by molar-refractivity contribution is 0.0533. The maximum atomic E-state index is 12.6. The molecule has 0 unspecified atom stereocenters. The van der Waals surface area contributed by atoms with Crippen molar-refractivity contribution < 1.29 is 9.59 Å². The molecule has 1 aliphatic rings. The van der Waals surface area contributed by atoms with Crippen LogP contribution in [0.2, 0.25) is 10.0 Å². The maximum Gasteiger partial charge on any atom is 0.255 e. The summed E-state index contributed by atoms with van der Waals surface area (Å²) in [6, 6.07) is 12.1. The molecule has 7 heteroatoms. The largest absolute Gasteiger partial charge is 0.335 e. The molecule has 1 heterocycles. The third-order valence-electron chi connectivity index (χ3n) is 4.16. The normalized spacial score (nSPS) is 14.5. The standard InChI is InChI=1S/C18H16Cl2N2O2S/c19-14-6-5-12(11-15(14)20)17(23)21-7-9-22(10-8-21)18(24)13-3-1-2-4-16(13)25/h1-6,11,25H,7-10H2. The molecule has 0 radical (unpaired) electrons. The Balaban J connectivity index is 1.65. The second-order valence-corrected chi connectivity index (χ2v) is 7.03. The molecule has 3 rings (SSSR count). The van der Waals surface area contributed by atoms with E-state index in [0.717, 1.165) is 0 Å². The smallest absolute Gasteiger partial charge is 0.255 e. The minimum Gasteiger partial charge on any atom is -0.335 e. The number of hydrogen-bond donors (Lipinski definition) is 1. The van der Waals surface area contributed by atoms with E-state index in [0.29, 0.717) is 52.2 Å². The number of carbonyl (C=O) groups excluding carboxylic acids is 2. The molecule has 1 saturated heterocycles. The fourth-order valence-corrected chi connectivity index (χ4v) is 3.30. The van der Waals surface area contributed by atoms with Gasteiger partial charge in [0.2, 0.25) is 0 Å². The molecule has 4 nitrogen and oxygen atoms in total. The number of hydrogen-bond acceptors (Lipinski definition) is 3. The molecule has 0 aliphatic carbocycles. The highest BCUT2D eigenvalue weighted by Gasteiger charge is 2.26. The third kappa shape index (κ3) is 3.94. The maximum absolute atomic E-state index is 12.6. The van der Waals surface area contributed by atoms with Crippen molar-refractivity contribution in [3.63, 3.8) is 0 Å². The number of halogens is 2. The minimum absolute atomic E-state index is 0.0627. The first-order chi connectivity index (χ1) is 12.0. The predicted octanol–water partition coefficient (Wildman–Crippen LogP) is 3.88. The van der Waals surface area contributed by atoms with Gasteiger partial charge in [-0.05, 0) is 30.3 Å². The second kappa shape index (κ2) is 7.68. The minimum atomic E-state index is -0.111. The molecule has 2 aromatic carbocycles. The SMILES string of the molecule is O=C(c1ccc(Cl)c(Cl)c1)N1CCN(C(=O)c2ccccc2S)CC1. The average molecular weight is 395 g/mol. The van der Waals surface area contributed by atoms with Gasteiger partial charge in [-0.2, -0.15) is 0 Å². The van der Waals surface area contributed by atoms with Gasteiger partial charge in [-0.25, -0.2) is 0 Å². The zero-order valence-corrected chi connectivity index (χ0v) is 15.7. The Labute approximate surface area is 161 Å². The summed E-state index contributed by atoms with van der Waals surface area (Å²) in [7, 11) is 0. The molecule has 0 atom stereocenters. The molecular weight excluding hydrogens is 379 g/mol. The van der Waals surface area contributed by atoms with Crippen molar-refractivity contribution in [2.75, 3.05) is 26.2 Å². The molecule has 25 heavy (non-hydrogen) atoms. The van der Waals surface area contributed by atoms with Crippen molar-refractivity contribution in [3.05, 3.63) is 63.6 Å². The topological polar surface area (TPSA) is 40.6 Å². The van der Waals surface area contributed by atoms with E-state index in [1.165, 1.54) is 0 Å². The lowest BCUT2D eigenvalue weighted by Gasteiger charge is -2.35. The van der Waals surface area contributed by atoms with Crippen LogP contribution in [0, 0.1) is 0 Å². The molecule has 0 spiro atoms. The molecule has 2 amide bonds. The van der Waals surface area contributed by atoms with Crippen molar-refractivity contribution in [3.8, 4) is 0 Å². The van der Waals surface area contributed by atoms with E-state index in [2.05, 4.69) is 12.6 Å². The van der Waals surface area contributed by atoms with Gasteiger partial charge in [0, 0.05) is 36.6 Å². The van der Waals surface area contributed by atoms with E-state index in [1.54, 1.807) is 40.1 Å².